The van der Waals surface area contributed by atoms with Crippen LogP contribution in [-0.2, 0) is 29.2 Å². The number of piperidine rings is 1. The molecule has 234 valence electrons. The van der Waals surface area contributed by atoms with Gasteiger partial charge in [0.2, 0.25) is 5.88 Å². The zero-order valence-corrected chi connectivity index (χ0v) is 26.2. The third kappa shape index (κ3) is 6.72. The van der Waals surface area contributed by atoms with E-state index in [9.17, 15) is 4.79 Å². The highest BCUT2D eigenvalue weighted by molar-refractivity contribution is 5.94. The normalized spacial score (nSPS) is 17.9. The first-order valence-electron chi connectivity index (χ1n) is 15.8. The van der Waals surface area contributed by atoms with Gasteiger partial charge in [-0.15, -0.1) is 0 Å². The number of imidazole rings is 2. The summed E-state index contributed by atoms with van der Waals surface area (Å²) in [5, 5.41) is 0. The van der Waals surface area contributed by atoms with Gasteiger partial charge in [0.05, 0.1) is 53.8 Å². The number of nitrogens with zero attached hydrogens (tertiary/aromatic N) is 6. The van der Waals surface area contributed by atoms with Gasteiger partial charge in [-0.05, 0) is 95.1 Å². The summed E-state index contributed by atoms with van der Waals surface area (Å²) in [7, 11) is 0. The molecule has 5 aromatic rings. The number of rotatable bonds is 9. The van der Waals surface area contributed by atoms with Crippen molar-refractivity contribution in [2.24, 2.45) is 0 Å². The van der Waals surface area contributed by atoms with E-state index in [1.54, 1.807) is 6.33 Å². The van der Waals surface area contributed by atoms with Gasteiger partial charge in [-0.25, -0.2) is 19.7 Å². The van der Waals surface area contributed by atoms with Crippen molar-refractivity contribution in [3.8, 4) is 5.88 Å². The lowest BCUT2D eigenvalue weighted by molar-refractivity contribution is -0.0592. The summed E-state index contributed by atoms with van der Waals surface area (Å²) in [4.78, 5) is 29.4. The summed E-state index contributed by atoms with van der Waals surface area (Å²) in [6.07, 6.45) is 8.87. The molecule has 7 rings (SSSR count). The van der Waals surface area contributed by atoms with Crippen LogP contribution in [0.4, 0.5) is 0 Å². The van der Waals surface area contributed by atoms with Crippen LogP contribution in [0, 0.1) is 0 Å². The van der Waals surface area contributed by atoms with Gasteiger partial charge in [-0.2, -0.15) is 0 Å². The number of ether oxygens (including phenoxy) is 3. The van der Waals surface area contributed by atoms with E-state index in [0.29, 0.717) is 24.0 Å². The van der Waals surface area contributed by atoms with Crippen LogP contribution in [-0.4, -0.2) is 66.2 Å². The molecular formula is C35H40N6O4. The molecule has 0 saturated carbocycles. The van der Waals surface area contributed by atoms with Crippen molar-refractivity contribution in [2.75, 3.05) is 19.7 Å². The Balaban J connectivity index is 1.01. The average molecular weight is 609 g/mol. The van der Waals surface area contributed by atoms with E-state index in [2.05, 4.69) is 26.6 Å². The summed E-state index contributed by atoms with van der Waals surface area (Å²) in [5.41, 5.74) is 5.04. The Morgan fingerprint density at radius 2 is 1.89 bits per heavy atom. The highest BCUT2D eigenvalue weighted by Gasteiger charge is 2.27. The van der Waals surface area contributed by atoms with Crippen molar-refractivity contribution in [3.05, 3.63) is 89.9 Å². The molecular weight excluding hydrogens is 568 g/mol. The number of esters is 1. The fourth-order valence-corrected chi connectivity index (χ4v) is 6.13. The predicted octanol–water partition coefficient (Wildman–Crippen LogP) is 5.78. The first-order valence-corrected chi connectivity index (χ1v) is 15.8. The van der Waals surface area contributed by atoms with E-state index >= 15 is 0 Å². The number of hydrogen-bond donors (Lipinski definition) is 0. The lowest BCUT2D eigenvalue weighted by Crippen LogP contribution is -2.35. The molecule has 1 aromatic carbocycles. The molecule has 0 unspecified atom stereocenters. The Hall–Kier alpha value is -4.28. The number of aromatic nitrogens is 5. The van der Waals surface area contributed by atoms with Crippen LogP contribution in [0.5, 0.6) is 5.88 Å². The Labute approximate surface area is 263 Å². The second-order valence-electron chi connectivity index (χ2n) is 13.1. The second kappa shape index (κ2) is 12.3. The van der Waals surface area contributed by atoms with Gasteiger partial charge in [0.1, 0.15) is 18.0 Å². The number of fused-ring (bicyclic) bond motifs is 2. The van der Waals surface area contributed by atoms with E-state index in [1.807, 2.05) is 74.0 Å². The summed E-state index contributed by atoms with van der Waals surface area (Å²) in [6, 6.07) is 15.9. The van der Waals surface area contributed by atoms with Crippen LogP contribution in [0.1, 0.15) is 73.4 Å². The van der Waals surface area contributed by atoms with E-state index in [1.165, 1.54) is 0 Å². The molecule has 6 heterocycles. The first-order chi connectivity index (χ1) is 21.8. The summed E-state index contributed by atoms with van der Waals surface area (Å²) in [6.45, 7) is 10.3. The molecule has 2 fully saturated rings. The zero-order chi connectivity index (χ0) is 31.0. The first kappa shape index (κ1) is 29.4. The average Bonchev–Trinajstić information content (AvgIpc) is 3.61. The monoisotopic (exact) mass is 608 g/mol. The third-order valence-electron chi connectivity index (χ3n) is 8.62. The highest BCUT2D eigenvalue weighted by atomic mass is 16.6. The van der Waals surface area contributed by atoms with Gasteiger partial charge in [-0.3, -0.25) is 4.90 Å². The van der Waals surface area contributed by atoms with Crippen molar-refractivity contribution in [1.29, 1.82) is 0 Å². The standard InChI is InChI=1S/C35H40N6O4/c1-35(2,3)45-34(42)26-7-8-30-31(18-26)41(20-28-12-16-43-28)32(37-30)21-39-13-10-25(11-14-39)29-5-4-6-33(38-29)44-22-24-9-15-40-23-36-19-27(40)17-24/h4-9,15,17-19,23,25,28H,10-14,16,20-22H2,1-3H3/t28-/m0/s1. The molecule has 2 aliphatic heterocycles. The molecule has 0 aliphatic carbocycles. The molecule has 10 nitrogen and oxygen atoms in total. The number of carbonyl (C=O) groups excluding carboxylic acids is 1. The summed E-state index contributed by atoms with van der Waals surface area (Å²) in [5.74, 6) is 1.72. The predicted molar refractivity (Wildman–Crippen MR) is 170 cm³/mol. The molecule has 2 saturated heterocycles. The van der Waals surface area contributed by atoms with Crippen LogP contribution >= 0.6 is 0 Å². The fourth-order valence-electron chi connectivity index (χ4n) is 6.13. The van der Waals surface area contributed by atoms with Crippen LogP contribution in [0.2, 0.25) is 0 Å². The lowest BCUT2D eigenvalue weighted by atomic mass is 9.93. The minimum Gasteiger partial charge on any atom is -0.473 e. The SMILES string of the molecule is CC(C)(C)OC(=O)c1ccc2nc(CN3CCC(c4cccc(OCc5ccn6cncc6c5)n4)CC3)n(C[C@@H]3CCO3)c2c1. The minimum atomic E-state index is -0.552. The van der Waals surface area contributed by atoms with Gasteiger partial charge < -0.3 is 23.2 Å². The second-order valence-corrected chi connectivity index (χ2v) is 13.1. The van der Waals surface area contributed by atoms with Gasteiger partial charge in [0.25, 0.3) is 0 Å². The van der Waals surface area contributed by atoms with Crippen molar-refractivity contribution in [1.82, 2.24) is 28.8 Å². The van der Waals surface area contributed by atoms with E-state index in [-0.39, 0.29) is 12.1 Å². The van der Waals surface area contributed by atoms with Crippen molar-refractivity contribution in [2.45, 2.75) is 77.4 Å². The Morgan fingerprint density at radius 1 is 1.04 bits per heavy atom. The lowest BCUT2D eigenvalue weighted by Gasteiger charge is -2.32. The van der Waals surface area contributed by atoms with Gasteiger partial charge >= 0.3 is 5.97 Å². The van der Waals surface area contributed by atoms with Gasteiger partial charge in [0, 0.05) is 30.5 Å². The van der Waals surface area contributed by atoms with E-state index in [0.717, 1.165) is 85.7 Å². The van der Waals surface area contributed by atoms with Crippen LogP contribution in [0.15, 0.2) is 67.3 Å². The number of hydrogen-bond acceptors (Lipinski definition) is 8. The highest BCUT2D eigenvalue weighted by Crippen LogP contribution is 2.30. The maximum atomic E-state index is 12.8. The molecule has 0 bridgehead atoms. The maximum Gasteiger partial charge on any atom is 0.338 e. The largest absolute Gasteiger partial charge is 0.473 e. The van der Waals surface area contributed by atoms with Crippen molar-refractivity contribution < 1.29 is 19.0 Å². The molecule has 4 aromatic heterocycles. The summed E-state index contributed by atoms with van der Waals surface area (Å²) < 4.78 is 21.7. The number of likely N-dealkylation sites (tertiary alicyclic amines) is 1. The Morgan fingerprint density at radius 3 is 2.67 bits per heavy atom. The Bertz CT molecular complexity index is 1810. The zero-order valence-electron chi connectivity index (χ0n) is 26.2. The fraction of sp³-hybridized carbons (Fsp3) is 0.429. The number of pyridine rings is 2. The van der Waals surface area contributed by atoms with Gasteiger partial charge in [0.15, 0.2) is 0 Å². The summed E-state index contributed by atoms with van der Waals surface area (Å²) >= 11 is 0. The maximum absolute atomic E-state index is 12.8. The molecule has 0 radical (unpaired) electrons. The van der Waals surface area contributed by atoms with Crippen LogP contribution in [0.25, 0.3) is 16.6 Å². The van der Waals surface area contributed by atoms with Gasteiger partial charge in [-0.1, -0.05) is 6.07 Å². The van der Waals surface area contributed by atoms with E-state index < -0.39 is 5.60 Å². The molecule has 0 N–H and O–H groups in total. The minimum absolute atomic E-state index is 0.173. The molecule has 10 heteroatoms. The smallest absolute Gasteiger partial charge is 0.338 e. The number of benzene rings is 1. The Kier molecular flexibility index (Phi) is 8.01. The molecule has 0 spiro atoms. The molecule has 45 heavy (non-hydrogen) atoms. The molecule has 1 atom stereocenters. The third-order valence-corrected chi connectivity index (χ3v) is 8.62. The topological polar surface area (TPSA) is 96.0 Å². The molecule has 2 aliphatic rings. The van der Waals surface area contributed by atoms with Crippen LogP contribution in [0.3, 0.4) is 0 Å². The number of carbonyl (C=O) groups is 1. The quantitative estimate of drug-likeness (QED) is 0.194. The molecule has 0 amide bonds. The van der Waals surface area contributed by atoms with Crippen molar-refractivity contribution >= 4 is 22.5 Å². The van der Waals surface area contributed by atoms with E-state index in [4.69, 9.17) is 24.2 Å². The van der Waals surface area contributed by atoms with Crippen molar-refractivity contribution in [3.63, 3.8) is 0 Å². The van der Waals surface area contributed by atoms with Crippen LogP contribution < -0.4 is 4.74 Å².